The van der Waals surface area contributed by atoms with Gasteiger partial charge in [0.15, 0.2) is 5.82 Å². The quantitative estimate of drug-likeness (QED) is 0.375. The van der Waals surface area contributed by atoms with E-state index < -0.39 is 66.2 Å². The molecule has 1 atom stereocenters. The molecule has 9 nitrogen and oxygen atoms in total. The summed E-state index contributed by atoms with van der Waals surface area (Å²) in [6.07, 6.45) is -6.44. The fraction of sp³-hybridized carbons (Fsp3) is 0.444. The Bertz CT molecular complexity index is 1250. The first kappa shape index (κ1) is 30.7. The molecule has 2 aromatic rings. The summed E-state index contributed by atoms with van der Waals surface area (Å²) < 4.78 is 72.5. The molecule has 2 amide bonds. The number of benzene rings is 2. The number of ether oxygens (including phenoxy) is 3. The second-order valence-corrected chi connectivity index (χ2v) is 9.98. The van der Waals surface area contributed by atoms with E-state index in [1.54, 1.807) is 51.1 Å². The van der Waals surface area contributed by atoms with Crippen LogP contribution in [0.15, 0.2) is 36.4 Å². The topological polar surface area (TPSA) is 106 Å². The first-order chi connectivity index (χ1) is 18.7. The number of carbonyl (C=O) groups is 3. The highest BCUT2D eigenvalue weighted by Gasteiger charge is 2.47. The van der Waals surface area contributed by atoms with Crippen molar-refractivity contribution in [2.45, 2.75) is 51.4 Å². The zero-order valence-electron chi connectivity index (χ0n) is 22.4. The summed E-state index contributed by atoms with van der Waals surface area (Å²) in [6.45, 7) is 2.76. The van der Waals surface area contributed by atoms with Crippen LogP contribution in [0.5, 0.6) is 5.75 Å². The molecule has 1 aliphatic rings. The van der Waals surface area contributed by atoms with Crippen LogP contribution in [0, 0.1) is 5.82 Å². The molecule has 0 saturated carbocycles. The van der Waals surface area contributed by atoms with Gasteiger partial charge in [-0.1, -0.05) is 30.3 Å². The van der Waals surface area contributed by atoms with Gasteiger partial charge >= 0.3 is 24.1 Å². The lowest BCUT2D eigenvalue weighted by atomic mass is 10.1. The van der Waals surface area contributed by atoms with Gasteiger partial charge in [-0.25, -0.2) is 9.18 Å². The summed E-state index contributed by atoms with van der Waals surface area (Å²) in [7, 11) is 0.902. The lowest BCUT2D eigenvalue weighted by Gasteiger charge is -2.29. The lowest BCUT2D eigenvalue weighted by molar-refractivity contribution is -0.171. The van der Waals surface area contributed by atoms with Gasteiger partial charge in [0.25, 0.3) is 0 Å². The monoisotopic (exact) mass is 570 g/mol. The Morgan fingerprint density at radius 1 is 1.12 bits per heavy atom. The highest BCUT2D eigenvalue weighted by atomic mass is 19.4. The van der Waals surface area contributed by atoms with Crippen molar-refractivity contribution >= 4 is 29.3 Å². The van der Waals surface area contributed by atoms with Crippen molar-refractivity contribution in [3.8, 4) is 5.75 Å². The molecule has 218 valence electrons. The molecule has 0 aliphatic carbocycles. The maximum Gasteiger partial charge on any atom is 0.471 e. The maximum atomic E-state index is 16.2. The third kappa shape index (κ3) is 7.00. The van der Waals surface area contributed by atoms with Gasteiger partial charge in [-0.05, 0) is 26.3 Å². The van der Waals surface area contributed by atoms with E-state index >= 15 is 4.39 Å². The fourth-order valence-corrected chi connectivity index (χ4v) is 4.16. The van der Waals surface area contributed by atoms with Crippen molar-refractivity contribution < 1.29 is 51.3 Å². The lowest BCUT2D eigenvalue weighted by Crippen LogP contribution is -2.45. The number of fused-ring (bicyclic) bond motifs is 1. The molecule has 3 rings (SSSR count). The normalized spacial score (nSPS) is 14.9. The van der Waals surface area contributed by atoms with Gasteiger partial charge in [0.1, 0.15) is 23.6 Å². The largest absolute Gasteiger partial charge is 0.491 e. The predicted molar refractivity (Wildman–Crippen MR) is 136 cm³/mol. The van der Waals surface area contributed by atoms with Crippen LogP contribution in [0.25, 0.3) is 0 Å². The average Bonchev–Trinajstić information content (AvgIpc) is 3.25. The van der Waals surface area contributed by atoms with Gasteiger partial charge in [0.2, 0.25) is 0 Å². The molecule has 2 aromatic carbocycles. The number of nitrogens with zero attached hydrogens (tertiary/aromatic N) is 2. The average molecular weight is 571 g/mol. The van der Waals surface area contributed by atoms with Crippen LogP contribution in [0.1, 0.15) is 31.9 Å². The van der Waals surface area contributed by atoms with E-state index in [-0.39, 0.29) is 35.6 Å². The molecular formula is C27H30F4N2O7. The molecule has 13 heteroatoms. The van der Waals surface area contributed by atoms with E-state index in [9.17, 15) is 32.7 Å². The zero-order chi connectivity index (χ0) is 29.8. The van der Waals surface area contributed by atoms with E-state index in [4.69, 9.17) is 9.47 Å². The number of hydrogen-bond acceptors (Lipinski definition) is 7. The number of amides is 2. The van der Waals surface area contributed by atoms with Crippen molar-refractivity contribution in [2.75, 3.05) is 36.7 Å². The first-order valence-corrected chi connectivity index (χ1v) is 12.3. The third-order valence-corrected chi connectivity index (χ3v) is 5.91. The van der Waals surface area contributed by atoms with Crippen LogP contribution in [0.2, 0.25) is 0 Å². The minimum atomic E-state index is -5.48. The smallest absolute Gasteiger partial charge is 0.471 e. The molecule has 0 fully saturated rings. The molecule has 40 heavy (non-hydrogen) atoms. The molecular weight excluding hydrogens is 540 g/mol. The number of anilines is 2. The van der Waals surface area contributed by atoms with Crippen LogP contribution in [0.3, 0.4) is 0 Å². The van der Waals surface area contributed by atoms with Crippen LogP contribution in [-0.4, -0.2) is 67.8 Å². The highest BCUT2D eigenvalue weighted by Crippen LogP contribution is 2.45. The minimum Gasteiger partial charge on any atom is -0.491 e. The van der Waals surface area contributed by atoms with Gasteiger partial charge in [-0.3, -0.25) is 19.4 Å². The Balaban J connectivity index is 2.17. The van der Waals surface area contributed by atoms with Gasteiger partial charge in [0, 0.05) is 24.5 Å². The molecule has 0 unspecified atom stereocenters. The second-order valence-electron chi connectivity index (χ2n) is 9.98. The van der Waals surface area contributed by atoms with Crippen molar-refractivity contribution in [3.05, 3.63) is 53.3 Å². The Kier molecular flexibility index (Phi) is 9.28. The maximum absolute atomic E-state index is 16.2. The predicted octanol–water partition coefficient (Wildman–Crippen LogP) is 4.17. The molecule has 1 N–H and O–H groups in total. The van der Waals surface area contributed by atoms with E-state index in [0.29, 0.717) is 0 Å². The SMILES string of the molecule is COC(=O)CN(C(=O)C(F)(F)F)c1c(OCCc2ccccc2)cc2c(c1F)C[C@@H](CO)N2C(=O)OC(C)(C)C. The Morgan fingerprint density at radius 2 is 1.77 bits per heavy atom. The Labute approximate surface area is 228 Å². The Hall–Kier alpha value is -3.87. The van der Waals surface area contributed by atoms with Crippen molar-refractivity contribution in [1.82, 2.24) is 0 Å². The number of carbonyl (C=O) groups excluding carboxylic acids is 3. The molecule has 1 heterocycles. The summed E-state index contributed by atoms with van der Waals surface area (Å²) in [6, 6.07) is 8.97. The highest BCUT2D eigenvalue weighted by molar-refractivity contribution is 6.03. The molecule has 0 bridgehead atoms. The number of alkyl halides is 3. The van der Waals surface area contributed by atoms with Gasteiger partial charge in [-0.15, -0.1) is 0 Å². The number of halogens is 4. The molecule has 0 spiro atoms. The number of esters is 1. The number of hydrogen-bond donors (Lipinski definition) is 1. The van der Waals surface area contributed by atoms with Gasteiger partial charge in [-0.2, -0.15) is 13.2 Å². The minimum absolute atomic E-state index is 0.0939. The van der Waals surface area contributed by atoms with Crippen LogP contribution < -0.4 is 14.5 Å². The van der Waals surface area contributed by atoms with Crippen LogP contribution in [-0.2, 0) is 31.9 Å². The number of aliphatic hydroxyl groups excluding tert-OH is 1. The summed E-state index contributed by atoms with van der Waals surface area (Å²) in [4.78, 5) is 38.3. The first-order valence-electron chi connectivity index (χ1n) is 12.3. The summed E-state index contributed by atoms with van der Waals surface area (Å²) in [5.74, 6) is -5.61. The van der Waals surface area contributed by atoms with Crippen molar-refractivity contribution in [1.29, 1.82) is 0 Å². The number of aliphatic hydroxyl groups is 1. The van der Waals surface area contributed by atoms with E-state index in [1.165, 1.54) is 0 Å². The molecule has 0 aromatic heterocycles. The molecule has 0 radical (unpaired) electrons. The van der Waals surface area contributed by atoms with Crippen molar-refractivity contribution in [2.24, 2.45) is 0 Å². The number of methoxy groups -OCH3 is 1. The van der Waals surface area contributed by atoms with Gasteiger partial charge < -0.3 is 19.3 Å². The van der Waals surface area contributed by atoms with E-state index in [1.807, 2.05) is 0 Å². The van der Waals surface area contributed by atoms with Crippen LogP contribution >= 0.6 is 0 Å². The van der Waals surface area contributed by atoms with E-state index in [2.05, 4.69) is 4.74 Å². The van der Waals surface area contributed by atoms with Crippen molar-refractivity contribution in [3.63, 3.8) is 0 Å². The third-order valence-electron chi connectivity index (χ3n) is 5.91. The standard InChI is InChI=1S/C27H30F4N2O7/c1-26(2,3)40-25(37)33-17(15-34)12-18-19(33)13-20(39-11-10-16-8-6-5-7-9-16)23(22(18)28)32(14-21(35)38-4)24(36)27(29,30)31/h5-9,13,17,34H,10-12,14-15H2,1-4H3/t17-/m0/s1. The van der Waals surface area contributed by atoms with Gasteiger partial charge in [0.05, 0.1) is 32.1 Å². The second kappa shape index (κ2) is 12.1. The summed E-state index contributed by atoms with van der Waals surface area (Å²) in [5.41, 5.74) is -1.47. The summed E-state index contributed by atoms with van der Waals surface area (Å²) >= 11 is 0. The van der Waals surface area contributed by atoms with Crippen LogP contribution in [0.4, 0.5) is 33.7 Å². The molecule has 1 aliphatic heterocycles. The number of rotatable bonds is 8. The zero-order valence-corrected chi connectivity index (χ0v) is 22.4. The summed E-state index contributed by atoms with van der Waals surface area (Å²) in [5, 5.41) is 9.93. The fourth-order valence-electron chi connectivity index (χ4n) is 4.16. The van der Waals surface area contributed by atoms with E-state index in [0.717, 1.165) is 23.6 Å². The molecule has 0 saturated heterocycles. The Morgan fingerprint density at radius 3 is 2.33 bits per heavy atom.